The number of rotatable bonds is 3. The van der Waals surface area contributed by atoms with Gasteiger partial charge in [0.2, 0.25) is 5.91 Å². The molecule has 16 heavy (non-hydrogen) atoms. The molecule has 1 amide bonds. The van der Waals surface area contributed by atoms with Crippen LogP contribution in [0.2, 0.25) is 0 Å². The van der Waals surface area contributed by atoms with Gasteiger partial charge in [-0.25, -0.2) is 0 Å². The van der Waals surface area contributed by atoms with Crippen LogP contribution in [-0.2, 0) is 4.79 Å². The van der Waals surface area contributed by atoms with Gasteiger partial charge in [-0.05, 0) is 5.41 Å². The van der Waals surface area contributed by atoms with E-state index in [0.29, 0.717) is 18.4 Å². The number of amides is 1. The van der Waals surface area contributed by atoms with Crippen molar-refractivity contribution in [1.82, 2.24) is 9.80 Å². The minimum absolute atomic E-state index is 0.206. The maximum absolute atomic E-state index is 11.6. The molecule has 0 aromatic rings. The van der Waals surface area contributed by atoms with E-state index in [1.54, 1.807) is 0 Å². The standard InChI is InChI=1S/C12H25N3O/c1-12(2,3)10-14-6-8-15(9-7-14)11(16)4-5-13/h4-10,13H2,1-3H3. The number of nitrogens with zero attached hydrogens (tertiary/aromatic N) is 2. The van der Waals surface area contributed by atoms with Gasteiger partial charge < -0.3 is 10.6 Å². The van der Waals surface area contributed by atoms with Crippen LogP contribution < -0.4 is 5.73 Å². The second-order valence-electron chi connectivity index (χ2n) is 5.76. The number of hydrogen-bond donors (Lipinski definition) is 1. The molecular formula is C12H25N3O. The molecule has 1 rings (SSSR count). The first-order valence-corrected chi connectivity index (χ1v) is 6.12. The molecule has 0 unspecified atom stereocenters. The third-order valence-electron chi connectivity index (χ3n) is 2.78. The van der Waals surface area contributed by atoms with Crippen molar-refractivity contribution in [1.29, 1.82) is 0 Å². The quantitative estimate of drug-likeness (QED) is 0.765. The first-order chi connectivity index (χ1) is 7.42. The third kappa shape index (κ3) is 4.49. The predicted molar refractivity (Wildman–Crippen MR) is 66.1 cm³/mol. The van der Waals surface area contributed by atoms with Gasteiger partial charge >= 0.3 is 0 Å². The van der Waals surface area contributed by atoms with E-state index in [0.717, 1.165) is 32.7 Å². The Morgan fingerprint density at radius 3 is 2.19 bits per heavy atom. The van der Waals surface area contributed by atoms with E-state index in [-0.39, 0.29) is 5.91 Å². The lowest BCUT2D eigenvalue weighted by atomic mass is 9.96. The lowest BCUT2D eigenvalue weighted by Crippen LogP contribution is -2.50. The van der Waals surface area contributed by atoms with Gasteiger partial charge in [-0.2, -0.15) is 0 Å². The summed E-state index contributed by atoms with van der Waals surface area (Å²) in [7, 11) is 0. The van der Waals surface area contributed by atoms with Gasteiger partial charge in [0.25, 0.3) is 0 Å². The molecule has 0 atom stereocenters. The highest BCUT2D eigenvalue weighted by Gasteiger charge is 2.23. The molecule has 1 heterocycles. The first kappa shape index (κ1) is 13.5. The molecule has 4 heteroatoms. The average molecular weight is 227 g/mol. The average Bonchev–Trinajstić information content (AvgIpc) is 2.16. The van der Waals surface area contributed by atoms with Crippen LogP contribution in [0.15, 0.2) is 0 Å². The molecule has 0 saturated carbocycles. The van der Waals surface area contributed by atoms with Crippen LogP contribution in [-0.4, -0.2) is 55.0 Å². The van der Waals surface area contributed by atoms with Crippen LogP contribution in [0.4, 0.5) is 0 Å². The number of carbonyl (C=O) groups is 1. The lowest BCUT2D eigenvalue weighted by Gasteiger charge is -2.37. The zero-order valence-corrected chi connectivity index (χ0v) is 10.8. The van der Waals surface area contributed by atoms with E-state index in [1.165, 1.54) is 0 Å². The summed E-state index contributed by atoms with van der Waals surface area (Å²) in [6.45, 7) is 12.0. The van der Waals surface area contributed by atoms with E-state index in [1.807, 2.05) is 4.90 Å². The molecule has 0 spiro atoms. The maximum Gasteiger partial charge on any atom is 0.223 e. The molecule has 2 N–H and O–H groups in total. The fraction of sp³-hybridized carbons (Fsp3) is 0.917. The Labute approximate surface area is 98.8 Å². The van der Waals surface area contributed by atoms with E-state index >= 15 is 0 Å². The molecule has 94 valence electrons. The molecule has 0 aromatic carbocycles. The topological polar surface area (TPSA) is 49.6 Å². The Morgan fingerprint density at radius 1 is 1.19 bits per heavy atom. The largest absolute Gasteiger partial charge is 0.340 e. The summed E-state index contributed by atoms with van der Waals surface area (Å²) in [6.07, 6.45) is 0.485. The Morgan fingerprint density at radius 2 is 1.75 bits per heavy atom. The summed E-state index contributed by atoms with van der Waals surface area (Å²) in [5.74, 6) is 0.206. The minimum atomic E-state index is 0.206. The second kappa shape index (κ2) is 5.64. The first-order valence-electron chi connectivity index (χ1n) is 6.12. The molecule has 1 fully saturated rings. The highest BCUT2D eigenvalue weighted by Crippen LogP contribution is 2.16. The van der Waals surface area contributed by atoms with Crippen LogP contribution in [0.3, 0.4) is 0 Å². The van der Waals surface area contributed by atoms with E-state index < -0.39 is 0 Å². The fourth-order valence-corrected chi connectivity index (χ4v) is 2.11. The molecule has 1 aliphatic rings. The summed E-state index contributed by atoms with van der Waals surface area (Å²) in [5, 5.41) is 0. The van der Waals surface area contributed by atoms with Crippen molar-refractivity contribution in [3.63, 3.8) is 0 Å². The normalized spacial score (nSPS) is 18.9. The second-order valence-corrected chi connectivity index (χ2v) is 5.76. The van der Waals surface area contributed by atoms with Crippen LogP contribution in [0, 0.1) is 5.41 Å². The summed E-state index contributed by atoms with van der Waals surface area (Å²) in [4.78, 5) is 16.0. The smallest absolute Gasteiger partial charge is 0.223 e. The van der Waals surface area contributed by atoms with Crippen LogP contribution in [0.25, 0.3) is 0 Å². The summed E-state index contributed by atoms with van der Waals surface area (Å²) < 4.78 is 0. The highest BCUT2D eigenvalue weighted by molar-refractivity contribution is 5.76. The molecule has 1 aliphatic heterocycles. The lowest BCUT2D eigenvalue weighted by molar-refractivity contribution is -0.132. The van der Waals surface area contributed by atoms with E-state index in [9.17, 15) is 4.79 Å². The number of nitrogens with two attached hydrogens (primary N) is 1. The van der Waals surface area contributed by atoms with Crippen molar-refractivity contribution in [2.24, 2.45) is 11.1 Å². The van der Waals surface area contributed by atoms with Gasteiger partial charge in [0, 0.05) is 45.7 Å². The zero-order chi connectivity index (χ0) is 12.2. The molecule has 0 bridgehead atoms. The Kier molecular flexibility index (Phi) is 4.74. The van der Waals surface area contributed by atoms with Crippen molar-refractivity contribution in [2.45, 2.75) is 27.2 Å². The summed E-state index contributed by atoms with van der Waals surface area (Å²) in [6, 6.07) is 0. The fourth-order valence-electron chi connectivity index (χ4n) is 2.11. The third-order valence-corrected chi connectivity index (χ3v) is 2.78. The Hall–Kier alpha value is -0.610. The Bertz CT molecular complexity index is 227. The molecular weight excluding hydrogens is 202 g/mol. The molecule has 4 nitrogen and oxygen atoms in total. The number of hydrogen-bond acceptors (Lipinski definition) is 3. The van der Waals surface area contributed by atoms with E-state index in [2.05, 4.69) is 25.7 Å². The zero-order valence-electron chi connectivity index (χ0n) is 10.8. The highest BCUT2D eigenvalue weighted by atomic mass is 16.2. The van der Waals surface area contributed by atoms with Gasteiger partial charge in [-0.15, -0.1) is 0 Å². The van der Waals surface area contributed by atoms with Crippen molar-refractivity contribution in [3.05, 3.63) is 0 Å². The molecule has 0 aromatic heterocycles. The van der Waals surface area contributed by atoms with Gasteiger partial charge in [0.1, 0.15) is 0 Å². The molecule has 0 aliphatic carbocycles. The number of piperazine rings is 1. The van der Waals surface area contributed by atoms with Gasteiger partial charge in [-0.1, -0.05) is 20.8 Å². The van der Waals surface area contributed by atoms with Crippen molar-refractivity contribution in [2.75, 3.05) is 39.3 Å². The molecule has 1 saturated heterocycles. The minimum Gasteiger partial charge on any atom is -0.340 e. The van der Waals surface area contributed by atoms with Gasteiger partial charge in [-0.3, -0.25) is 9.69 Å². The monoisotopic (exact) mass is 227 g/mol. The molecule has 0 radical (unpaired) electrons. The summed E-state index contributed by atoms with van der Waals surface area (Å²) in [5.41, 5.74) is 5.73. The van der Waals surface area contributed by atoms with Crippen molar-refractivity contribution in [3.8, 4) is 0 Å². The van der Waals surface area contributed by atoms with Crippen LogP contribution in [0.5, 0.6) is 0 Å². The summed E-state index contributed by atoms with van der Waals surface area (Å²) >= 11 is 0. The predicted octanol–water partition coefficient (Wildman–Crippen LogP) is 0.526. The number of carbonyl (C=O) groups excluding carboxylic acids is 1. The van der Waals surface area contributed by atoms with Crippen LogP contribution >= 0.6 is 0 Å². The van der Waals surface area contributed by atoms with E-state index in [4.69, 9.17) is 5.73 Å². The van der Waals surface area contributed by atoms with Gasteiger partial charge in [0.15, 0.2) is 0 Å². The van der Waals surface area contributed by atoms with Gasteiger partial charge in [0.05, 0.1) is 0 Å². The SMILES string of the molecule is CC(C)(C)CN1CCN(C(=O)CCN)CC1. The van der Waals surface area contributed by atoms with Crippen molar-refractivity contribution >= 4 is 5.91 Å². The maximum atomic E-state index is 11.6. The van der Waals surface area contributed by atoms with Crippen molar-refractivity contribution < 1.29 is 4.79 Å². The Balaban J connectivity index is 2.31. The van der Waals surface area contributed by atoms with Crippen LogP contribution in [0.1, 0.15) is 27.2 Å².